The number of thioether (sulfide) groups is 2. The first-order valence-corrected chi connectivity index (χ1v) is 14.7. The van der Waals surface area contributed by atoms with Gasteiger partial charge in [-0.2, -0.15) is 0 Å². The van der Waals surface area contributed by atoms with Crippen LogP contribution in [0.1, 0.15) is 21.5 Å². The number of carbonyl (C=O) groups excluding carboxylic acids is 1. The van der Waals surface area contributed by atoms with E-state index in [0.29, 0.717) is 5.56 Å². The van der Waals surface area contributed by atoms with Gasteiger partial charge in [-0.3, -0.25) is 4.99 Å². The molecule has 3 aromatic rings. The molecule has 39 heavy (non-hydrogen) atoms. The number of benzene rings is 3. The molecule has 0 aromatic heterocycles. The van der Waals surface area contributed by atoms with Gasteiger partial charge in [0.1, 0.15) is 28.1 Å². The van der Waals surface area contributed by atoms with Gasteiger partial charge >= 0.3 is 5.97 Å². The van der Waals surface area contributed by atoms with Crippen molar-refractivity contribution in [2.75, 3.05) is 18.9 Å². The Labute approximate surface area is 236 Å². The van der Waals surface area contributed by atoms with Crippen LogP contribution in [0.2, 0.25) is 0 Å². The lowest BCUT2D eigenvalue weighted by atomic mass is 9.99. The van der Waals surface area contributed by atoms with E-state index in [1.54, 1.807) is 36.0 Å². The highest BCUT2D eigenvalue weighted by Gasteiger charge is 2.50. The third kappa shape index (κ3) is 7.51. The van der Waals surface area contributed by atoms with Gasteiger partial charge in [0.25, 0.3) is 0 Å². The summed E-state index contributed by atoms with van der Waals surface area (Å²) < 4.78 is 26.2. The monoisotopic (exact) mass is 565 g/mol. The van der Waals surface area contributed by atoms with E-state index >= 15 is 0 Å². The molecule has 0 aliphatic carbocycles. The van der Waals surface area contributed by atoms with Crippen LogP contribution in [-0.2, 0) is 32.2 Å². The zero-order chi connectivity index (χ0) is 26.9. The molecule has 1 saturated heterocycles. The van der Waals surface area contributed by atoms with Crippen LogP contribution in [0, 0.1) is 0 Å². The summed E-state index contributed by atoms with van der Waals surface area (Å²) in [5.41, 5.74) is 1.74. The van der Waals surface area contributed by atoms with Crippen molar-refractivity contribution < 1.29 is 28.8 Å². The van der Waals surface area contributed by atoms with Crippen molar-refractivity contribution in [1.82, 2.24) is 0 Å². The minimum absolute atomic E-state index is 0.277. The molecule has 5 atom stereocenters. The lowest BCUT2D eigenvalue weighted by molar-refractivity contribution is -0.239. The molecule has 2 heterocycles. The first-order valence-electron chi connectivity index (χ1n) is 12.9. The van der Waals surface area contributed by atoms with Crippen molar-refractivity contribution in [3.63, 3.8) is 0 Å². The molecule has 3 aromatic carbocycles. The fraction of sp³-hybridized carbons (Fsp3) is 0.333. The molecule has 7 nitrogen and oxygen atoms in total. The highest BCUT2D eigenvalue weighted by Crippen LogP contribution is 2.38. The molecule has 0 radical (unpaired) electrons. The summed E-state index contributed by atoms with van der Waals surface area (Å²) in [6.07, 6.45) is -2.91. The molecule has 0 amide bonds. The van der Waals surface area contributed by atoms with E-state index in [2.05, 4.69) is 4.99 Å². The van der Waals surface area contributed by atoms with Gasteiger partial charge < -0.3 is 24.1 Å². The summed E-state index contributed by atoms with van der Waals surface area (Å²) >= 11 is 3.04. The minimum Gasteiger partial charge on any atom is -0.452 e. The quantitative estimate of drug-likeness (QED) is 0.346. The van der Waals surface area contributed by atoms with E-state index < -0.39 is 35.8 Å². The number of carbonyl (C=O) groups is 1. The van der Waals surface area contributed by atoms with Crippen LogP contribution >= 0.6 is 23.5 Å². The predicted molar refractivity (Wildman–Crippen MR) is 154 cm³/mol. The van der Waals surface area contributed by atoms with Crippen LogP contribution in [0.3, 0.4) is 0 Å². The van der Waals surface area contributed by atoms with E-state index in [1.807, 2.05) is 66.7 Å². The van der Waals surface area contributed by atoms with Crippen molar-refractivity contribution in [2.45, 2.75) is 43.1 Å². The number of hydrogen-bond acceptors (Lipinski definition) is 9. The Morgan fingerprint density at radius 3 is 2.03 bits per heavy atom. The fourth-order valence-electron chi connectivity index (χ4n) is 4.42. The molecule has 2 aliphatic rings. The summed E-state index contributed by atoms with van der Waals surface area (Å²) in [5, 5.41) is 10.4. The smallest absolute Gasteiger partial charge is 0.338 e. The maximum atomic E-state index is 13.3. The minimum atomic E-state index is -0.820. The second-order valence-corrected chi connectivity index (χ2v) is 11.5. The number of aliphatic hydroxyl groups excluding tert-OH is 1. The molecule has 5 unspecified atom stereocenters. The number of ether oxygens (including phenoxy) is 4. The molecule has 2 aliphatic heterocycles. The Hall–Kier alpha value is -2.66. The van der Waals surface area contributed by atoms with Crippen molar-refractivity contribution in [3.8, 4) is 0 Å². The fourth-order valence-corrected chi connectivity index (χ4v) is 6.68. The van der Waals surface area contributed by atoms with Crippen LogP contribution in [0.15, 0.2) is 96.0 Å². The SMILES string of the molecule is O=C(OC1C(SC2=NCCS2)OC(CO)C(OCc2ccccc2)C1OCc1ccccc1)c1ccccc1. The van der Waals surface area contributed by atoms with Crippen LogP contribution < -0.4 is 0 Å². The maximum absolute atomic E-state index is 13.3. The van der Waals surface area contributed by atoms with E-state index in [0.717, 1.165) is 27.8 Å². The van der Waals surface area contributed by atoms with Crippen molar-refractivity contribution >= 4 is 33.9 Å². The van der Waals surface area contributed by atoms with E-state index in [9.17, 15) is 9.90 Å². The molecule has 0 spiro atoms. The van der Waals surface area contributed by atoms with Gasteiger partial charge in [0.05, 0.1) is 31.9 Å². The van der Waals surface area contributed by atoms with Crippen molar-refractivity contribution in [1.29, 1.82) is 0 Å². The number of hydrogen-bond donors (Lipinski definition) is 1. The number of nitrogens with zero attached hydrogens (tertiary/aromatic N) is 1. The summed E-state index contributed by atoms with van der Waals surface area (Å²) in [5.74, 6) is 0.414. The Morgan fingerprint density at radius 1 is 0.872 bits per heavy atom. The molecular formula is C30H31NO6S2. The molecule has 0 bridgehead atoms. The summed E-state index contributed by atoms with van der Waals surface area (Å²) in [4.78, 5) is 17.8. The molecule has 204 valence electrons. The van der Waals surface area contributed by atoms with Gasteiger partial charge in [-0.1, -0.05) is 102 Å². The summed E-state index contributed by atoms with van der Waals surface area (Å²) in [7, 11) is 0. The first kappa shape index (κ1) is 27.9. The lowest BCUT2D eigenvalue weighted by Gasteiger charge is -2.45. The maximum Gasteiger partial charge on any atom is 0.338 e. The lowest BCUT2D eigenvalue weighted by Crippen LogP contribution is -2.60. The highest BCUT2D eigenvalue weighted by molar-refractivity contribution is 8.39. The van der Waals surface area contributed by atoms with Gasteiger partial charge in [-0.25, -0.2) is 4.79 Å². The average Bonchev–Trinajstić information content (AvgIpc) is 3.51. The largest absolute Gasteiger partial charge is 0.452 e. The third-order valence-electron chi connectivity index (χ3n) is 6.37. The number of esters is 1. The van der Waals surface area contributed by atoms with Gasteiger partial charge in [0, 0.05) is 5.75 Å². The molecule has 0 saturated carbocycles. The van der Waals surface area contributed by atoms with Gasteiger partial charge in [-0.05, 0) is 23.3 Å². The third-order valence-corrected chi connectivity index (χ3v) is 8.72. The van der Waals surface area contributed by atoms with Crippen molar-refractivity contribution in [3.05, 3.63) is 108 Å². The average molecular weight is 566 g/mol. The van der Waals surface area contributed by atoms with Gasteiger partial charge in [0.15, 0.2) is 6.10 Å². The second kappa shape index (κ2) is 14.1. The highest BCUT2D eigenvalue weighted by atomic mass is 32.2. The zero-order valence-electron chi connectivity index (χ0n) is 21.3. The molecule has 5 rings (SSSR count). The van der Waals surface area contributed by atoms with Crippen molar-refractivity contribution in [2.24, 2.45) is 4.99 Å². The second-order valence-electron chi connectivity index (χ2n) is 9.10. The molecule has 9 heteroatoms. The predicted octanol–water partition coefficient (Wildman–Crippen LogP) is 4.94. The normalized spacial score (nSPS) is 24.7. The van der Waals surface area contributed by atoms with Crippen LogP contribution in [0.4, 0.5) is 0 Å². The molecule has 1 fully saturated rings. The Morgan fingerprint density at radius 2 is 1.46 bits per heavy atom. The first-order chi connectivity index (χ1) is 19.2. The molecular weight excluding hydrogens is 534 g/mol. The zero-order valence-corrected chi connectivity index (χ0v) is 23.0. The van der Waals surface area contributed by atoms with Gasteiger partial charge in [-0.15, -0.1) is 0 Å². The summed E-state index contributed by atoms with van der Waals surface area (Å²) in [6.45, 7) is 1.02. The topological polar surface area (TPSA) is 86.6 Å². The van der Waals surface area contributed by atoms with E-state index in [4.69, 9.17) is 18.9 Å². The standard InChI is InChI=1S/C30H31NO6S2/c32-18-24-25(34-19-21-10-4-1-5-11-21)26(35-20-22-12-6-2-7-13-22)27(29(36-24)39-30-31-16-17-38-30)37-28(33)23-14-8-3-9-15-23/h1-15,24-27,29,32H,16-20H2. The summed E-state index contributed by atoms with van der Waals surface area (Å²) in [6, 6.07) is 28.4. The Kier molecular flexibility index (Phi) is 10.1. The number of aliphatic imine (C=N–C) groups is 1. The van der Waals surface area contributed by atoms with Crippen LogP contribution in [0.5, 0.6) is 0 Å². The van der Waals surface area contributed by atoms with E-state index in [-0.39, 0.29) is 19.8 Å². The van der Waals surface area contributed by atoms with Gasteiger partial charge in [0.2, 0.25) is 0 Å². The Bertz CT molecular complexity index is 1210. The molecule has 1 N–H and O–H groups in total. The number of aliphatic hydroxyl groups is 1. The van der Waals surface area contributed by atoms with Crippen LogP contribution in [0.25, 0.3) is 0 Å². The Balaban J connectivity index is 1.45. The van der Waals surface area contributed by atoms with E-state index in [1.165, 1.54) is 11.8 Å². The van der Waals surface area contributed by atoms with Crippen LogP contribution in [-0.4, -0.2) is 64.2 Å². The number of rotatable bonds is 10.